The first-order chi connectivity index (χ1) is 17.8. The number of hydrogen-bond acceptors (Lipinski definition) is 6. The van der Waals surface area contributed by atoms with E-state index in [1.54, 1.807) is 28.6 Å². The lowest BCUT2D eigenvalue weighted by atomic mass is 9.97. The first-order valence-electron chi connectivity index (χ1n) is 14.7. The summed E-state index contributed by atoms with van der Waals surface area (Å²) in [5, 5.41) is 3.13. The van der Waals surface area contributed by atoms with Crippen LogP contribution in [0.25, 0.3) is 0 Å². The maximum Gasteiger partial charge on any atom is 0.350 e. The zero-order chi connectivity index (χ0) is 29.8. The summed E-state index contributed by atoms with van der Waals surface area (Å²) in [5.41, 5.74) is -0.359. The summed E-state index contributed by atoms with van der Waals surface area (Å²) in [6, 6.07) is 1.75. The van der Waals surface area contributed by atoms with Crippen LogP contribution >= 0.6 is 11.8 Å². The van der Waals surface area contributed by atoms with Crippen LogP contribution in [-0.4, -0.2) is 50.1 Å². The molecule has 1 saturated heterocycles. The molecule has 1 aliphatic rings. The molecule has 0 aromatic carbocycles. The highest BCUT2D eigenvalue weighted by Crippen LogP contribution is 2.48. The molecule has 1 aromatic rings. The number of aromatic nitrogens is 2. The summed E-state index contributed by atoms with van der Waals surface area (Å²) in [4.78, 5) is 30.4. The molecule has 1 unspecified atom stereocenters. The molecule has 1 aromatic heterocycles. The summed E-state index contributed by atoms with van der Waals surface area (Å²) < 4.78 is 15.2. The molecule has 3 atom stereocenters. The lowest BCUT2D eigenvalue weighted by Gasteiger charge is -2.39. The third kappa shape index (κ3) is 9.02. The Hall–Kier alpha value is -0.946. The van der Waals surface area contributed by atoms with Gasteiger partial charge >= 0.3 is 5.69 Å². The summed E-state index contributed by atoms with van der Waals surface area (Å²) in [7, 11) is -3.98. The fourth-order valence-corrected chi connectivity index (χ4v) is 8.34. The summed E-state index contributed by atoms with van der Waals surface area (Å²) in [5.74, 6) is 0.209. The van der Waals surface area contributed by atoms with Crippen LogP contribution in [0.15, 0.2) is 17.1 Å². The first-order valence-corrected chi connectivity index (χ1v) is 21.5. The highest BCUT2D eigenvalue weighted by Gasteiger charge is 2.46. The number of nitrogens with one attached hydrogen (secondary N) is 1. The van der Waals surface area contributed by atoms with Crippen molar-refractivity contribution in [3.05, 3.63) is 22.7 Å². The maximum absolute atomic E-state index is 13.3. The molecule has 0 radical (unpaired) electrons. The molecule has 1 amide bonds. The van der Waals surface area contributed by atoms with Gasteiger partial charge in [0.05, 0.1) is 6.10 Å². The summed E-state index contributed by atoms with van der Waals surface area (Å²) >= 11 is 1.76. The Morgan fingerprint density at radius 1 is 1.08 bits per heavy atom. The molecule has 7 nitrogen and oxygen atoms in total. The van der Waals surface area contributed by atoms with Gasteiger partial charge in [0.25, 0.3) is 0 Å². The molecule has 1 fully saturated rings. The van der Waals surface area contributed by atoms with Crippen molar-refractivity contribution in [1.29, 1.82) is 0 Å². The van der Waals surface area contributed by atoms with E-state index < -0.39 is 16.6 Å². The van der Waals surface area contributed by atoms with Crippen molar-refractivity contribution in [1.82, 2.24) is 9.55 Å². The van der Waals surface area contributed by atoms with Crippen molar-refractivity contribution < 1.29 is 13.6 Å². The smallest absolute Gasteiger partial charge is 0.350 e. The average Bonchev–Trinajstić information content (AvgIpc) is 3.18. The lowest BCUT2D eigenvalue weighted by molar-refractivity contribution is -0.120. The van der Waals surface area contributed by atoms with E-state index in [1.807, 2.05) is 0 Å². The van der Waals surface area contributed by atoms with Crippen LogP contribution in [0, 0.1) is 5.92 Å². The molecule has 0 saturated carbocycles. The number of anilines is 1. The predicted molar refractivity (Wildman–Crippen MR) is 171 cm³/mol. The summed E-state index contributed by atoms with van der Waals surface area (Å²) in [6.45, 7) is 27.4. The van der Waals surface area contributed by atoms with Crippen molar-refractivity contribution in [2.45, 2.75) is 140 Å². The minimum atomic E-state index is -2.08. The van der Waals surface area contributed by atoms with E-state index in [1.165, 1.54) is 0 Å². The van der Waals surface area contributed by atoms with E-state index in [0.717, 1.165) is 32.1 Å². The van der Waals surface area contributed by atoms with Gasteiger partial charge in [0, 0.05) is 24.0 Å². The first kappa shape index (κ1) is 34.3. The number of carbonyl (C=O) groups excluding carboxylic acids is 1. The Labute approximate surface area is 243 Å². The van der Waals surface area contributed by atoms with Gasteiger partial charge in [0.1, 0.15) is 11.2 Å². The van der Waals surface area contributed by atoms with E-state index in [-0.39, 0.29) is 44.3 Å². The van der Waals surface area contributed by atoms with Crippen molar-refractivity contribution in [2.75, 3.05) is 11.9 Å². The van der Waals surface area contributed by atoms with Crippen LogP contribution in [-0.2, 0) is 13.6 Å². The van der Waals surface area contributed by atoms with Gasteiger partial charge in [0.2, 0.25) is 5.91 Å². The largest absolute Gasteiger partial charge is 0.416 e. The van der Waals surface area contributed by atoms with E-state index in [2.05, 4.69) is 91.9 Å². The highest BCUT2D eigenvalue weighted by atomic mass is 32.2. The molecule has 1 aliphatic heterocycles. The maximum atomic E-state index is 13.3. The van der Waals surface area contributed by atoms with E-state index in [9.17, 15) is 9.59 Å². The van der Waals surface area contributed by atoms with Crippen molar-refractivity contribution in [2.24, 2.45) is 5.92 Å². The van der Waals surface area contributed by atoms with E-state index in [0.29, 0.717) is 12.4 Å². The number of rotatable bonds is 12. The van der Waals surface area contributed by atoms with Gasteiger partial charge in [-0.05, 0) is 61.6 Å². The number of carbonyl (C=O) groups is 1. The van der Waals surface area contributed by atoms with Gasteiger partial charge in [0.15, 0.2) is 16.6 Å². The molecular weight excluding hydrogens is 543 g/mol. The van der Waals surface area contributed by atoms with Crippen LogP contribution in [0.4, 0.5) is 5.82 Å². The average molecular weight is 598 g/mol. The third-order valence-corrected chi connectivity index (χ3v) is 19.4. The second-order valence-electron chi connectivity index (χ2n) is 14.1. The Kier molecular flexibility index (Phi) is 11.7. The van der Waals surface area contributed by atoms with Crippen molar-refractivity contribution in [3.63, 3.8) is 0 Å². The van der Waals surface area contributed by atoms with Gasteiger partial charge in [-0.2, -0.15) is 4.98 Å². The standard InChI is InChI=1S/C29H55N3O4SSi2/c1-13-15-21(16-14-2)25(33)30-24-17-18-32(27(34)31-24)26-23(36-39(11,12)29(6,7)8)19-22(37-26)20-35-38(9,10)28(3,4)5/h17-18,21-23,26H,13-16,19-20H2,1-12H3,(H,30,31,33,34)/t22-,23?,26+/m0/s1. The normalized spacial score (nSPS) is 21.0. The highest BCUT2D eigenvalue weighted by molar-refractivity contribution is 8.00. The summed E-state index contributed by atoms with van der Waals surface area (Å²) in [6.07, 6.45) is 6.06. The van der Waals surface area contributed by atoms with E-state index in [4.69, 9.17) is 8.85 Å². The van der Waals surface area contributed by atoms with Gasteiger partial charge in [-0.15, -0.1) is 11.8 Å². The Morgan fingerprint density at radius 2 is 1.64 bits per heavy atom. The Morgan fingerprint density at radius 3 is 2.13 bits per heavy atom. The molecule has 1 N–H and O–H groups in total. The van der Waals surface area contributed by atoms with Crippen LogP contribution in [0.3, 0.4) is 0 Å². The van der Waals surface area contributed by atoms with Crippen LogP contribution < -0.4 is 11.0 Å². The second-order valence-corrected chi connectivity index (χ2v) is 25.1. The fraction of sp³-hybridized carbons (Fsp3) is 0.828. The quantitative estimate of drug-likeness (QED) is 0.247. The molecule has 2 rings (SSSR count). The Bertz CT molecular complexity index is 1010. The monoisotopic (exact) mass is 597 g/mol. The fourth-order valence-electron chi connectivity index (χ4n) is 4.25. The molecule has 0 spiro atoms. The lowest BCUT2D eigenvalue weighted by Crippen LogP contribution is -2.46. The van der Waals surface area contributed by atoms with Gasteiger partial charge < -0.3 is 14.2 Å². The van der Waals surface area contributed by atoms with Crippen LogP contribution in [0.5, 0.6) is 0 Å². The van der Waals surface area contributed by atoms with Crippen molar-refractivity contribution >= 4 is 40.1 Å². The zero-order valence-electron chi connectivity index (χ0n) is 26.6. The number of thioether (sulfide) groups is 1. The van der Waals surface area contributed by atoms with Gasteiger partial charge in [-0.3, -0.25) is 9.36 Å². The number of nitrogens with zero attached hydrogens (tertiary/aromatic N) is 2. The van der Waals surface area contributed by atoms with Crippen LogP contribution in [0.1, 0.15) is 92.9 Å². The topological polar surface area (TPSA) is 82.5 Å². The molecular formula is C29H55N3O4SSi2. The molecule has 10 heteroatoms. The van der Waals surface area contributed by atoms with Crippen LogP contribution in [0.2, 0.25) is 36.3 Å². The van der Waals surface area contributed by atoms with Crippen molar-refractivity contribution in [3.8, 4) is 0 Å². The van der Waals surface area contributed by atoms with E-state index >= 15 is 0 Å². The third-order valence-electron chi connectivity index (χ3n) is 8.83. The minimum Gasteiger partial charge on any atom is -0.416 e. The second kappa shape index (κ2) is 13.4. The van der Waals surface area contributed by atoms with Gasteiger partial charge in [-0.1, -0.05) is 68.2 Å². The molecule has 2 heterocycles. The minimum absolute atomic E-state index is 0.0550. The zero-order valence-corrected chi connectivity index (χ0v) is 29.5. The number of amides is 1. The number of hydrogen-bond donors (Lipinski definition) is 1. The molecule has 224 valence electrons. The SMILES string of the molecule is CCCC(CCC)C(=O)Nc1ccn([C@@H]2S[C@H](CO[Si](C)(C)C(C)(C)C)CC2O[Si](C)(C)C(C)(C)C)c(=O)n1. The molecule has 39 heavy (non-hydrogen) atoms. The predicted octanol–water partition coefficient (Wildman–Crippen LogP) is 7.81. The Balaban J connectivity index is 2.29. The molecule has 0 aliphatic carbocycles. The van der Waals surface area contributed by atoms with Gasteiger partial charge in [-0.25, -0.2) is 4.79 Å². The molecule has 0 bridgehead atoms.